The number of aliphatic hydroxyl groups excluding tert-OH is 2. The molecule has 10 nitrogen and oxygen atoms in total. The van der Waals surface area contributed by atoms with E-state index >= 15 is 0 Å². The van der Waals surface area contributed by atoms with Gasteiger partial charge in [0.05, 0.1) is 12.0 Å². The number of ether oxygens (including phenoxy) is 2. The molecule has 1 aromatic carbocycles. The number of amides is 1. The van der Waals surface area contributed by atoms with Crippen LogP contribution >= 0.6 is 0 Å². The highest BCUT2D eigenvalue weighted by Crippen LogP contribution is 2.30. The first kappa shape index (κ1) is 43.8. The second-order valence-electron chi connectivity index (χ2n) is 13.6. The summed E-state index contributed by atoms with van der Waals surface area (Å²) in [5, 5.41) is 35.8. The second-order valence-corrected chi connectivity index (χ2v) is 13.6. The predicted octanol–water partition coefficient (Wildman–Crippen LogP) is 5.29. The molecule has 1 aromatic rings. The van der Waals surface area contributed by atoms with Crippen molar-refractivity contribution in [2.75, 3.05) is 13.2 Å². The van der Waals surface area contributed by atoms with Crippen LogP contribution in [-0.4, -0.2) is 69.7 Å². The van der Waals surface area contributed by atoms with E-state index in [-0.39, 0.29) is 13.0 Å². The number of esters is 1. The minimum Gasteiger partial charge on any atom is -0.481 e. The lowest BCUT2D eigenvalue weighted by Gasteiger charge is -2.38. The number of benzene rings is 1. The fourth-order valence-electron chi connectivity index (χ4n) is 5.40. The first-order valence-corrected chi connectivity index (χ1v) is 17.9. The number of Topliss-reactive ketones (excluding diaryl/α,β-unsaturated/α-hetero) is 1. The number of aliphatic hydroxyl groups is 3. The molecule has 0 bridgehead atoms. The van der Waals surface area contributed by atoms with Crippen molar-refractivity contribution < 1.29 is 39.2 Å². The summed E-state index contributed by atoms with van der Waals surface area (Å²) in [6, 6.07) is 5.96. The monoisotopic (exact) mass is 686 g/mol. The Bertz CT molecular complexity index is 1200. The maximum absolute atomic E-state index is 13.3. The molecule has 10 heteroatoms. The van der Waals surface area contributed by atoms with Gasteiger partial charge in [0, 0.05) is 25.9 Å². The third-order valence-electron chi connectivity index (χ3n) is 8.18. The molecule has 0 heterocycles. The maximum atomic E-state index is 13.3. The van der Waals surface area contributed by atoms with Gasteiger partial charge in [0.15, 0.2) is 5.60 Å². The molecule has 6 N–H and O–H groups in total. The number of primary amides is 1. The SMILES string of the molecule is CC#CCOc1ccc(C[C@H](NC(O)[C@@H](/C=C/CCCCCCC(=O)CCCCCCC)[C@@](O)(CCO)C(=O)OC(C)(C)C)C(N)=O)cc1. The van der Waals surface area contributed by atoms with Crippen LogP contribution in [0, 0.1) is 17.8 Å². The molecular formula is C39H62N2O8. The first-order chi connectivity index (χ1) is 23.3. The molecule has 0 saturated heterocycles. The topological polar surface area (TPSA) is 168 Å². The standard InChI is InChI=1S/C39H62N2O8/c1-6-8-10-13-16-19-31(43)20-17-14-11-12-15-18-21-33(39(47,26-27-42)37(46)49-38(3,4)5)36(45)41-34(35(40)44)29-30-22-24-32(25-23-30)48-28-9-7-2/h18,21-25,33-34,36,41-42,45,47H,6,8,10-17,19-20,26-29H2,1-5H3,(H2,40,44)/b21-18+/t33-,34+,36?,39+/m1/s1. The second kappa shape index (κ2) is 24.0. The molecule has 0 aliphatic rings. The van der Waals surface area contributed by atoms with E-state index in [1.807, 2.05) is 0 Å². The summed E-state index contributed by atoms with van der Waals surface area (Å²) in [5.74, 6) is 3.47. The van der Waals surface area contributed by atoms with E-state index < -0.39 is 54.3 Å². The maximum Gasteiger partial charge on any atom is 0.339 e. The Kier molecular flexibility index (Phi) is 21.5. The number of unbranched alkanes of at least 4 members (excludes halogenated alkanes) is 8. The smallest absolute Gasteiger partial charge is 0.339 e. The van der Waals surface area contributed by atoms with Gasteiger partial charge in [-0.1, -0.05) is 75.7 Å². The van der Waals surface area contributed by atoms with Gasteiger partial charge in [-0.2, -0.15) is 0 Å². The van der Waals surface area contributed by atoms with E-state index in [4.69, 9.17) is 15.2 Å². The van der Waals surface area contributed by atoms with Gasteiger partial charge in [0.2, 0.25) is 5.91 Å². The summed E-state index contributed by atoms with van der Waals surface area (Å²) in [4.78, 5) is 38.0. The van der Waals surface area contributed by atoms with Gasteiger partial charge >= 0.3 is 5.97 Å². The highest BCUT2D eigenvalue weighted by atomic mass is 16.6. The first-order valence-electron chi connectivity index (χ1n) is 17.9. The van der Waals surface area contributed by atoms with Crippen LogP contribution in [0.1, 0.15) is 124 Å². The third-order valence-corrected chi connectivity index (χ3v) is 8.18. The number of carbonyl (C=O) groups excluding carboxylic acids is 3. The zero-order chi connectivity index (χ0) is 36.7. The number of rotatable bonds is 26. The predicted molar refractivity (Wildman–Crippen MR) is 192 cm³/mol. The average molecular weight is 687 g/mol. The number of carbonyl (C=O) groups is 3. The van der Waals surface area contributed by atoms with Crippen molar-refractivity contribution >= 4 is 17.7 Å². The van der Waals surface area contributed by atoms with Gasteiger partial charge in [0.25, 0.3) is 0 Å². The molecule has 49 heavy (non-hydrogen) atoms. The van der Waals surface area contributed by atoms with E-state index in [1.54, 1.807) is 58.0 Å². The number of hydrogen-bond acceptors (Lipinski definition) is 9. The Morgan fingerprint density at radius 1 is 0.980 bits per heavy atom. The Hall–Kier alpha value is -3.23. The molecule has 1 amide bonds. The average Bonchev–Trinajstić information content (AvgIpc) is 3.03. The van der Waals surface area contributed by atoms with Crippen LogP contribution in [0.25, 0.3) is 0 Å². The van der Waals surface area contributed by atoms with E-state index in [0.29, 0.717) is 30.8 Å². The number of allylic oxidation sites excluding steroid dienone is 1. The van der Waals surface area contributed by atoms with Crippen molar-refractivity contribution in [3.8, 4) is 17.6 Å². The lowest BCUT2D eigenvalue weighted by Crippen LogP contribution is -2.59. The Morgan fingerprint density at radius 2 is 1.59 bits per heavy atom. The number of nitrogens with one attached hydrogen (secondary N) is 1. The van der Waals surface area contributed by atoms with E-state index in [0.717, 1.165) is 44.1 Å². The van der Waals surface area contributed by atoms with Crippen LogP contribution in [0.3, 0.4) is 0 Å². The fourth-order valence-corrected chi connectivity index (χ4v) is 5.40. The Morgan fingerprint density at radius 3 is 2.14 bits per heavy atom. The van der Waals surface area contributed by atoms with Gasteiger partial charge in [0.1, 0.15) is 30.0 Å². The molecule has 0 radical (unpaired) electrons. The van der Waals surface area contributed by atoms with Crippen LogP contribution < -0.4 is 15.8 Å². The van der Waals surface area contributed by atoms with Crippen molar-refractivity contribution in [3.05, 3.63) is 42.0 Å². The van der Waals surface area contributed by atoms with Crippen LogP contribution in [0.15, 0.2) is 36.4 Å². The van der Waals surface area contributed by atoms with E-state index in [9.17, 15) is 29.7 Å². The van der Waals surface area contributed by atoms with Crippen molar-refractivity contribution in [2.45, 2.75) is 148 Å². The van der Waals surface area contributed by atoms with Gasteiger partial charge < -0.3 is 30.5 Å². The van der Waals surface area contributed by atoms with Gasteiger partial charge in [-0.15, -0.1) is 5.92 Å². The Balaban J connectivity index is 2.97. The molecular weight excluding hydrogens is 624 g/mol. The fraction of sp³-hybridized carbons (Fsp3) is 0.667. The van der Waals surface area contributed by atoms with Gasteiger partial charge in [-0.05, 0) is 77.5 Å². The highest BCUT2D eigenvalue weighted by molar-refractivity contribution is 5.81. The highest BCUT2D eigenvalue weighted by Gasteiger charge is 2.48. The van der Waals surface area contributed by atoms with E-state index in [1.165, 1.54) is 25.3 Å². The Labute approximate surface area is 294 Å². The quantitative estimate of drug-likeness (QED) is 0.0286. The van der Waals surface area contributed by atoms with Crippen LogP contribution in [-0.2, 0) is 25.5 Å². The molecule has 1 rings (SSSR count). The number of ketones is 1. The molecule has 0 saturated carbocycles. The molecule has 0 aliphatic carbocycles. The van der Waals surface area contributed by atoms with Crippen molar-refractivity contribution in [3.63, 3.8) is 0 Å². The van der Waals surface area contributed by atoms with Gasteiger partial charge in [-0.25, -0.2) is 4.79 Å². The summed E-state index contributed by atoms with van der Waals surface area (Å²) in [5.41, 5.74) is 3.18. The summed E-state index contributed by atoms with van der Waals surface area (Å²) in [6.45, 7) is 8.55. The minimum absolute atomic E-state index is 0.115. The molecule has 0 aliphatic heterocycles. The summed E-state index contributed by atoms with van der Waals surface area (Å²) in [6.07, 6.45) is 12.4. The minimum atomic E-state index is -2.32. The van der Waals surface area contributed by atoms with Crippen molar-refractivity contribution in [1.82, 2.24) is 5.32 Å². The molecule has 276 valence electrons. The van der Waals surface area contributed by atoms with Crippen molar-refractivity contribution in [1.29, 1.82) is 0 Å². The van der Waals surface area contributed by atoms with Gasteiger partial charge in [-0.3, -0.25) is 14.9 Å². The van der Waals surface area contributed by atoms with Crippen molar-refractivity contribution in [2.24, 2.45) is 11.7 Å². The molecule has 0 aromatic heterocycles. The summed E-state index contributed by atoms with van der Waals surface area (Å²) < 4.78 is 11.0. The lowest BCUT2D eigenvalue weighted by molar-refractivity contribution is -0.189. The molecule has 0 fully saturated rings. The summed E-state index contributed by atoms with van der Waals surface area (Å²) >= 11 is 0. The molecule has 0 spiro atoms. The van der Waals surface area contributed by atoms with Crippen LogP contribution in [0.5, 0.6) is 5.75 Å². The normalized spacial score (nSPS) is 14.7. The number of hydrogen-bond donors (Lipinski definition) is 5. The third kappa shape index (κ3) is 18.4. The summed E-state index contributed by atoms with van der Waals surface area (Å²) in [7, 11) is 0. The molecule has 4 atom stereocenters. The lowest BCUT2D eigenvalue weighted by atomic mass is 9.82. The van der Waals surface area contributed by atoms with Crippen LogP contribution in [0.2, 0.25) is 0 Å². The largest absolute Gasteiger partial charge is 0.481 e. The number of nitrogens with two attached hydrogens (primary N) is 1. The zero-order valence-corrected chi connectivity index (χ0v) is 30.5. The zero-order valence-electron chi connectivity index (χ0n) is 30.5. The van der Waals surface area contributed by atoms with Crippen LogP contribution in [0.4, 0.5) is 0 Å². The van der Waals surface area contributed by atoms with E-state index in [2.05, 4.69) is 24.1 Å². The molecule has 1 unspecified atom stereocenters.